The first-order chi connectivity index (χ1) is 16.6. The fraction of sp³-hybridized carbons (Fsp3) is 0.552. The van der Waals surface area contributed by atoms with Gasteiger partial charge in [0.25, 0.3) is 0 Å². The summed E-state index contributed by atoms with van der Waals surface area (Å²) < 4.78 is 5.62. The molecule has 2 aromatic rings. The molecular weight excluding hydrogens is 422 g/mol. The molecule has 1 amide bonds. The molecule has 0 saturated carbocycles. The number of amides is 1. The second-order valence-corrected chi connectivity index (χ2v) is 10.2. The fourth-order valence-corrected chi connectivity index (χ4v) is 5.37. The van der Waals surface area contributed by atoms with E-state index >= 15 is 0 Å². The van der Waals surface area contributed by atoms with Gasteiger partial charge in [0.05, 0.1) is 6.61 Å². The van der Waals surface area contributed by atoms with Gasteiger partial charge in [-0.2, -0.15) is 0 Å². The number of carbonyl (C=O) groups is 1. The summed E-state index contributed by atoms with van der Waals surface area (Å²) in [6.45, 7) is 11.9. The minimum absolute atomic E-state index is 0.115. The number of piperidine rings is 2. The lowest BCUT2D eigenvalue weighted by atomic mass is 9.95. The fourth-order valence-electron chi connectivity index (χ4n) is 5.37. The van der Waals surface area contributed by atoms with Crippen molar-refractivity contribution in [2.75, 3.05) is 32.8 Å². The molecule has 5 nitrogen and oxygen atoms in total. The van der Waals surface area contributed by atoms with Crippen LogP contribution in [0.15, 0.2) is 48.5 Å². The summed E-state index contributed by atoms with van der Waals surface area (Å²) in [5, 5.41) is 3.21. The van der Waals surface area contributed by atoms with Gasteiger partial charge in [-0.3, -0.25) is 14.6 Å². The number of hydrogen-bond donors (Lipinski definition) is 1. The largest absolute Gasteiger partial charge is 0.494 e. The Hall–Kier alpha value is -2.37. The van der Waals surface area contributed by atoms with Crippen LogP contribution < -0.4 is 10.1 Å². The summed E-state index contributed by atoms with van der Waals surface area (Å²) in [6, 6.07) is 17.1. The standard InChI is InChI=1S/C29H41N3O2/c1-3-34-28-11-5-10-26(18-28)21-31-15-12-27(13-16-31)29(33)30-19-24-8-4-9-25(17-24)22-32-14-6-7-23(2)20-32/h4-5,8-11,17-18,23,27H,3,6-7,12-16,19-22H2,1-2H3,(H,30,33). The zero-order valence-corrected chi connectivity index (χ0v) is 21.0. The normalized spacial score (nSPS) is 20.2. The van der Waals surface area contributed by atoms with Crippen LogP contribution in [-0.2, 0) is 24.4 Å². The molecule has 1 unspecified atom stereocenters. The first kappa shape index (κ1) is 24.7. The lowest BCUT2D eigenvalue weighted by Gasteiger charge is -2.31. The maximum absolute atomic E-state index is 12.8. The Bertz CT molecular complexity index is 923. The van der Waals surface area contributed by atoms with Crippen molar-refractivity contribution in [3.8, 4) is 5.75 Å². The maximum atomic E-state index is 12.8. The molecular formula is C29H41N3O2. The topological polar surface area (TPSA) is 44.8 Å². The van der Waals surface area contributed by atoms with E-state index in [4.69, 9.17) is 4.74 Å². The van der Waals surface area contributed by atoms with Gasteiger partial charge < -0.3 is 10.1 Å². The maximum Gasteiger partial charge on any atom is 0.223 e. The summed E-state index contributed by atoms with van der Waals surface area (Å²) in [4.78, 5) is 17.8. The highest BCUT2D eigenvalue weighted by Crippen LogP contribution is 2.22. The molecule has 4 rings (SSSR count). The van der Waals surface area contributed by atoms with E-state index in [0.29, 0.717) is 13.2 Å². The van der Waals surface area contributed by atoms with E-state index in [1.54, 1.807) is 0 Å². The van der Waals surface area contributed by atoms with Crippen molar-refractivity contribution in [1.82, 2.24) is 15.1 Å². The predicted octanol–water partition coefficient (Wildman–Crippen LogP) is 4.85. The van der Waals surface area contributed by atoms with Crippen LogP contribution in [0.25, 0.3) is 0 Å². The molecule has 0 aliphatic carbocycles. The Morgan fingerprint density at radius 3 is 2.41 bits per heavy atom. The molecule has 2 heterocycles. The van der Waals surface area contributed by atoms with E-state index in [2.05, 4.69) is 64.5 Å². The highest BCUT2D eigenvalue weighted by atomic mass is 16.5. The monoisotopic (exact) mass is 463 g/mol. The van der Waals surface area contributed by atoms with Crippen LogP contribution in [0, 0.1) is 11.8 Å². The van der Waals surface area contributed by atoms with Crippen molar-refractivity contribution in [3.63, 3.8) is 0 Å². The molecule has 0 spiro atoms. The number of ether oxygens (including phenoxy) is 1. The van der Waals surface area contributed by atoms with Gasteiger partial charge in [0, 0.05) is 32.1 Å². The van der Waals surface area contributed by atoms with Gasteiger partial charge in [0.1, 0.15) is 5.75 Å². The van der Waals surface area contributed by atoms with Gasteiger partial charge in [-0.1, -0.05) is 43.3 Å². The Labute approximate surface area is 205 Å². The van der Waals surface area contributed by atoms with Crippen molar-refractivity contribution >= 4 is 5.91 Å². The molecule has 184 valence electrons. The number of nitrogens with one attached hydrogen (secondary N) is 1. The van der Waals surface area contributed by atoms with Gasteiger partial charge in [-0.25, -0.2) is 0 Å². The average molecular weight is 464 g/mol. The molecule has 2 aliphatic rings. The van der Waals surface area contributed by atoms with E-state index < -0.39 is 0 Å². The Balaban J connectivity index is 1.20. The third-order valence-electron chi connectivity index (χ3n) is 7.18. The highest BCUT2D eigenvalue weighted by molar-refractivity contribution is 5.78. The van der Waals surface area contributed by atoms with Crippen molar-refractivity contribution < 1.29 is 9.53 Å². The molecule has 34 heavy (non-hydrogen) atoms. The van der Waals surface area contributed by atoms with Crippen LogP contribution in [0.4, 0.5) is 0 Å². The molecule has 0 bridgehead atoms. The predicted molar refractivity (Wildman–Crippen MR) is 138 cm³/mol. The van der Waals surface area contributed by atoms with Gasteiger partial charge in [-0.15, -0.1) is 0 Å². The molecule has 2 saturated heterocycles. The van der Waals surface area contributed by atoms with Crippen LogP contribution in [0.3, 0.4) is 0 Å². The Morgan fingerprint density at radius 2 is 1.65 bits per heavy atom. The first-order valence-electron chi connectivity index (χ1n) is 13.1. The van der Waals surface area contributed by atoms with Gasteiger partial charge in [-0.05, 0) is 87.0 Å². The third kappa shape index (κ3) is 7.31. The molecule has 2 aromatic carbocycles. The van der Waals surface area contributed by atoms with Crippen molar-refractivity contribution in [2.24, 2.45) is 11.8 Å². The number of hydrogen-bond acceptors (Lipinski definition) is 4. The molecule has 1 N–H and O–H groups in total. The van der Waals surface area contributed by atoms with Gasteiger partial charge in [0.15, 0.2) is 0 Å². The summed E-state index contributed by atoms with van der Waals surface area (Å²) in [6.07, 6.45) is 4.49. The SMILES string of the molecule is CCOc1cccc(CN2CCC(C(=O)NCc3cccc(CN4CCCC(C)C4)c3)CC2)c1. The number of carbonyl (C=O) groups excluding carboxylic acids is 1. The second-order valence-electron chi connectivity index (χ2n) is 10.2. The number of rotatable bonds is 9. The number of benzene rings is 2. The molecule has 5 heteroatoms. The smallest absolute Gasteiger partial charge is 0.223 e. The molecule has 0 aromatic heterocycles. The summed E-state index contributed by atoms with van der Waals surface area (Å²) >= 11 is 0. The van der Waals surface area contributed by atoms with E-state index in [9.17, 15) is 4.79 Å². The van der Waals surface area contributed by atoms with Crippen LogP contribution >= 0.6 is 0 Å². The lowest BCUT2D eigenvalue weighted by Crippen LogP contribution is -2.40. The third-order valence-corrected chi connectivity index (χ3v) is 7.18. The zero-order chi connectivity index (χ0) is 23.8. The Morgan fingerprint density at radius 1 is 0.941 bits per heavy atom. The Kier molecular flexibility index (Phi) is 9.00. The van der Waals surface area contributed by atoms with Crippen LogP contribution in [0.5, 0.6) is 5.75 Å². The second kappa shape index (κ2) is 12.4. The van der Waals surface area contributed by atoms with Crippen molar-refractivity contribution in [3.05, 3.63) is 65.2 Å². The van der Waals surface area contributed by atoms with E-state index in [1.807, 2.05) is 13.0 Å². The molecule has 0 radical (unpaired) electrons. The van der Waals surface area contributed by atoms with Crippen LogP contribution in [0.1, 0.15) is 56.2 Å². The summed E-state index contributed by atoms with van der Waals surface area (Å²) in [5.74, 6) is 2.05. The highest BCUT2D eigenvalue weighted by Gasteiger charge is 2.25. The first-order valence-corrected chi connectivity index (χ1v) is 13.1. The van der Waals surface area contributed by atoms with E-state index in [-0.39, 0.29) is 11.8 Å². The zero-order valence-electron chi connectivity index (χ0n) is 21.0. The van der Waals surface area contributed by atoms with Gasteiger partial charge >= 0.3 is 0 Å². The van der Waals surface area contributed by atoms with Crippen molar-refractivity contribution in [2.45, 2.75) is 59.2 Å². The van der Waals surface area contributed by atoms with Gasteiger partial charge in [0.2, 0.25) is 5.91 Å². The minimum Gasteiger partial charge on any atom is -0.494 e. The molecule has 2 aliphatic heterocycles. The molecule has 2 fully saturated rings. The minimum atomic E-state index is 0.115. The number of nitrogens with zero attached hydrogens (tertiary/aromatic N) is 2. The average Bonchev–Trinajstić information content (AvgIpc) is 2.84. The summed E-state index contributed by atoms with van der Waals surface area (Å²) in [5.41, 5.74) is 3.82. The van der Waals surface area contributed by atoms with E-state index in [1.165, 1.54) is 42.6 Å². The van der Waals surface area contributed by atoms with Crippen molar-refractivity contribution in [1.29, 1.82) is 0 Å². The quantitative estimate of drug-likeness (QED) is 0.578. The number of likely N-dealkylation sites (tertiary alicyclic amines) is 2. The van der Waals surface area contributed by atoms with Crippen LogP contribution in [-0.4, -0.2) is 48.5 Å². The van der Waals surface area contributed by atoms with E-state index in [0.717, 1.165) is 50.7 Å². The molecule has 1 atom stereocenters. The lowest BCUT2D eigenvalue weighted by molar-refractivity contribution is -0.126. The van der Waals surface area contributed by atoms with Crippen LogP contribution in [0.2, 0.25) is 0 Å². The summed E-state index contributed by atoms with van der Waals surface area (Å²) in [7, 11) is 0.